The summed E-state index contributed by atoms with van der Waals surface area (Å²) in [5.74, 6) is 1.56. The first-order valence-electron chi connectivity index (χ1n) is 4.17. The van der Waals surface area contributed by atoms with E-state index in [4.69, 9.17) is 9.05 Å². The molecule has 5 heteroatoms. The van der Waals surface area contributed by atoms with E-state index in [1.807, 2.05) is 26.0 Å². The molecule has 2 aromatic rings. The SMILES string of the molecule is Cc1cc(C(Br)c2cc(C)on2)no1. The van der Waals surface area contributed by atoms with Gasteiger partial charge in [-0.15, -0.1) is 0 Å². The third-order valence-electron chi connectivity index (χ3n) is 1.81. The van der Waals surface area contributed by atoms with E-state index in [0.29, 0.717) is 0 Å². The molecule has 0 aromatic carbocycles. The maximum atomic E-state index is 4.98. The van der Waals surface area contributed by atoms with Crippen molar-refractivity contribution in [3.8, 4) is 0 Å². The minimum absolute atomic E-state index is 0.0719. The molecule has 0 atom stereocenters. The molecular formula is C9H9BrN2O2. The van der Waals surface area contributed by atoms with E-state index in [2.05, 4.69) is 26.2 Å². The summed E-state index contributed by atoms with van der Waals surface area (Å²) in [6.07, 6.45) is 0. The first-order valence-corrected chi connectivity index (χ1v) is 5.09. The fourth-order valence-electron chi connectivity index (χ4n) is 1.16. The smallest absolute Gasteiger partial charge is 0.133 e. The molecule has 74 valence electrons. The Bertz CT molecular complexity index is 395. The maximum absolute atomic E-state index is 4.98. The van der Waals surface area contributed by atoms with Crippen LogP contribution in [0.3, 0.4) is 0 Å². The van der Waals surface area contributed by atoms with Crippen molar-refractivity contribution in [3.63, 3.8) is 0 Å². The molecule has 0 spiro atoms. The predicted molar refractivity (Wildman–Crippen MR) is 53.3 cm³/mol. The first kappa shape index (κ1) is 9.45. The van der Waals surface area contributed by atoms with Gasteiger partial charge >= 0.3 is 0 Å². The summed E-state index contributed by atoms with van der Waals surface area (Å²) >= 11 is 3.48. The van der Waals surface area contributed by atoms with Crippen LogP contribution in [0, 0.1) is 13.8 Å². The Kier molecular flexibility index (Phi) is 2.41. The zero-order valence-electron chi connectivity index (χ0n) is 7.82. The largest absolute Gasteiger partial charge is 0.361 e. The Balaban J connectivity index is 2.28. The summed E-state index contributed by atoms with van der Waals surface area (Å²) in [7, 11) is 0. The fraction of sp³-hybridized carbons (Fsp3) is 0.333. The molecule has 0 fully saturated rings. The summed E-state index contributed by atoms with van der Waals surface area (Å²) < 4.78 is 9.95. The van der Waals surface area contributed by atoms with Crippen LogP contribution in [0.25, 0.3) is 0 Å². The first-order chi connectivity index (χ1) is 6.66. The van der Waals surface area contributed by atoms with E-state index in [1.54, 1.807) is 0 Å². The molecule has 0 saturated heterocycles. The van der Waals surface area contributed by atoms with E-state index in [0.717, 1.165) is 22.9 Å². The van der Waals surface area contributed by atoms with Crippen molar-refractivity contribution in [1.29, 1.82) is 0 Å². The second-order valence-electron chi connectivity index (χ2n) is 3.09. The van der Waals surface area contributed by atoms with E-state index >= 15 is 0 Å². The van der Waals surface area contributed by atoms with Gasteiger partial charge in [-0.3, -0.25) is 0 Å². The quantitative estimate of drug-likeness (QED) is 0.776. The Hall–Kier alpha value is -1.10. The Labute approximate surface area is 89.4 Å². The van der Waals surface area contributed by atoms with Crippen molar-refractivity contribution in [2.45, 2.75) is 18.7 Å². The molecule has 0 radical (unpaired) electrons. The monoisotopic (exact) mass is 256 g/mol. The fourth-order valence-corrected chi connectivity index (χ4v) is 1.59. The normalized spacial score (nSPS) is 11.1. The van der Waals surface area contributed by atoms with Crippen molar-refractivity contribution in [1.82, 2.24) is 10.3 Å². The average molecular weight is 257 g/mol. The number of nitrogens with zero attached hydrogens (tertiary/aromatic N) is 2. The topological polar surface area (TPSA) is 52.1 Å². The number of alkyl halides is 1. The van der Waals surface area contributed by atoms with Crippen LogP contribution in [0.4, 0.5) is 0 Å². The van der Waals surface area contributed by atoms with E-state index < -0.39 is 0 Å². The lowest BCUT2D eigenvalue weighted by atomic mass is 10.2. The van der Waals surface area contributed by atoms with Crippen molar-refractivity contribution in [3.05, 3.63) is 35.0 Å². The van der Waals surface area contributed by atoms with Crippen LogP contribution in [0.1, 0.15) is 27.7 Å². The zero-order chi connectivity index (χ0) is 10.1. The van der Waals surface area contributed by atoms with E-state index in [9.17, 15) is 0 Å². The molecule has 0 aliphatic rings. The highest BCUT2D eigenvalue weighted by Gasteiger charge is 2.17. The lowest BCUT2D eigenvalue weighted by molar-refractivity contribution is 0.384. The minimum Gasteiger partial charge on any atom is -0.361 e. The van der Waals surface area contributed by atoms with Crippen LogP contribution in [-0.2, 0) is 0 Å². The van der Waals surface area contributed by atoms with Crippen LogP contribution in [0.15, 0.2) is 21.2 Å². The lowest BCUT2D eigenvalue weighted by Gasteiger charge is -1.98. The number of hydrogen-bond acceptors (Lipinski definition) is 4. The number of aryl methyl sites for hydroxylation is 2. The highest BCUT2D eigenvalue weighted by atomic mass is 79.9. The molecule has 0 N–H and O–H groups in total. The van der Waals surface area contributed by atoms with Crippen LogP contribution >= 0.6 is 15.9 Å². The van der Waals surface area contributed by atoms with E-state index in [1.165, 1.54) is 0 Å². The number of halogens is 1. The maximum Gasteiger partial charge on any atom is 0.133 e. The summed E-state index contributed by atoms with van der Waals surface area (Å²) in [5.41, 5.74) is 1.60. The molecule has 2 rings (SSSR count). The summed E-state index contributed by atoms with van der Waals surface area (Å²) in [6.45, 7) is 3.70. The van der Waals surface area contributed by atoms with Crippen molar-refractivity contribution >= 4 is 15.9 Å². The predicted octanol–water partition coefficient (Wildman–Crippen LogP) is 2.76. The van der Waals surface area contributed by atoms with Crippen LogP contribution in [0.5, 0.6) is 0 Å². The van der Waals surface area contributed by atoms with Gasteiger partial charge in [-0.2, -0.15) is 0 Å². The molecule has 0 amide bonds. The van der Waals surface area contributed by atoms with E-state index in [-0.39, 0.29) is 4.83 Å². The van der Waals surface area contributed by atoms with Gasteiger partial charge in [-0.1, -0.05) is 26.2 Å². The Morgan fingerprint density at radius 2 is 1.50 bits per heavy atom. The average Bonchev–Trinajstić information content (AvgIpc) is 2.73. The van der Waals surface area contributed by atoms with Crippen LogP contribution in [-0.4, -0.2) is 10.3 Å². The molecule has 0 unspecified atom stereocenters. The van der Waals surface area contributed by atoms with Gasteiger partial charge in [0.1, 0.15) is 27.7 Å². The lowest BCUT2D eigenvalue weighted by Crippen LogP contribution is -1.92. The van der Waals surface area contributed by atoms with Gasteiger partial charge in [0.15, 0.2) is 0 Å². The van der Waals surface area contributed by atoms with Gasteiger partial charge in [0, 0.05) is 12.1 Å². The van der Waals surface area contributed by atoms with Gasteiger partial charge < -0.3 is 9.05 Å². The highest BCUT2D eigenvalue weighted by Crippen LogP contribution is 2.29. The molecule has 0 bridgehead atoms. The molecular weight excluding hydrogens is 248 g/mol. The standard InChI is InChI=1S/C9H9BrN2O2/c1-5-3-7(11-13-5)9(10)8-4-6(2)14-12-8/h3-4,9H,1-2H3. The highest BCUT2D eigenvalue weighted by molar-refractivity contribution is 9.09. The molecule has 2 heterocycles. The van der Waals surface area contributed by atoms with Gasteiger partial charge in [-0.05, 0) is 13.8 Å². The van der Waals surface area contributed by atoms with Crippen LogP contribution < -0.4 is 0 Å². The molecule has 0 saturated carbocycles. The summed E-state index contributed by atoms with van der Waals surface area (Å²) in [6, 6.07) is 3.73. The Morgan fingerprint density at radius 3 is 1.79 bits per heavy atom. The summed E-state index contributed by atoms with van der Waals surface area (Å²) in [4.78, 5) is -0.0719. The van der Waals surface area contributed by atoms with Crippen molar-refractivity contribution < 1.29 is 9.05 Å². The molecule has 0 aliphatic heterocycles. The zero-order valence-corrected chi connectivity index (χ0v) is 9.41. The molecule has 4 nitrogen and oxygen atoms in total. The number of hydrogen-bond donors (Lipinski definition) is 0. The van der Waals surface area contributed by atoms with Crippen molar-refractivity contribution in [2.24, 2.45) is 0 Å². The summed E-state index contributed by atoms with van der Waals surface area (Å²) in [5, 5.41) is 7.80. The Morgan fingerprint density at radius 1 is 1.07 bits per heavy atom. The molecule has 2 aromatic heterocycles. The van der Waals surface area contributed by atoms with Gasteiger partial charge in [0.05, 0.1) is 0 Å². The number of aromatic nitrogens is 2. The van der Waals surface area contributed by atoms with Gasteiger partial charge in [0.25, 0.3) is 0 Å². The van der Waals surface area contributed by atoms with Crippen LogP contribution in [0.2, 0.25) is 0 Å². The molecule has 14 heavy (non-hydrogen) atoms. The minimum atomic E-state index is -0.0719. The van der Waals surface area contributed by atoms with Gasteiger partial charge in [-0.25, -0.2) is 0 Å². The third-order valence-corrected chi connectivity index (χ3v) is 2.75. The molecule has 0 aliphatic carbocycles. The second kappa shape index (κ2) is 3.57. The number of rotatable bonds is 2. The third kappa shape index (κ3) is 1.72. The van der Waals surface area contributed by atoms with Gasteiger partial charge in [0.2, 0.25) is 0 Å². The second-order valence-corrected chi connectivity index (χ2v) is 4.00. The van der Waals surface area contributed by atoms with Crippen molar-refractivity contribution in [2.75, 3.05) is 0 Å².